The van der Waals surface area contributed by atoms with Gasteiger partial charge in [0.25, 0.3) is 5.52 Å². The molecule has 4 aromatic rings. The number of hydrogen-bond donors (Lipinski definition) is 0. The van der Waals surface area contributed by atoms with Crippen LogP contribution in [0.5, 0.6) is 5.75 Å². The van der Waals surface area contributed by atoms with Crippen LogP contribution in [-0.2, 0) is 7.05 Å². The van der Waals surface area contributed by atoms with Gasteiger partial charge in [-0.1, -0.05) is 48.5 Å². The van der Waals surface area contributed by atoms with Crippen molar-refractivity contribution in [1.82, 2.24) is 0 Å². The summed E-state index contributed by atoms with van der Waals surface area (Å²) in [6.07, 6.45) is 2.16. The third kappa shape index (κ3) is 2.59. The van der Waals surface area contributed by atoms with Gasteiger partial charge in [0.1, 0.15) is 7.05 Å². The highest BCUT2D eigenvalue weighted by atomic mass is 35.5. The minimum absolute atomic E-state index is 0. The molecule has 0 atom stereocenters. The summed E-state index contributed by atoms with van der Waals surface area (Å²) in [4.78, 5) is 0. The Morgan fingerprint density at radius 1 is 0.792 bits per heavy atom. The smallest absolute Gasteiger partial charge is 0.255 e. The zero-order valence-corrected chi connectivity index (χ0v) is 14.4. The van der Waals surface area contributed by atoms with Crippen LogP contribution in [0.25, 0.3) is 32.8 Å². The van der Waals surface area contributed by atoms with Gasteiger partial charge >= 0.3 is 0 Å². The molecule has 0 aliphatic carbocycles. The molecule has 0 radical (unpaired) electrons. The quantitative estimate of drug-likeness (QED) is 0.400. The number of pyridine rings is 1. The maximum atomic E-state index is 5.70. The van der Waals surface area contributed by atoms with Crippen molar-refractivity contribution in [2.24, 2.45) is 7.05 Å². The predicted molar refractivity (Wildman–Crippen MR) is 94.6 cm³/mol. The topological polar surface area (TPSA) is 13.1 Å². The van der Waals surface area contributed by atoms with E-state index in [9.17, 15) is 0 Å². The van der Waals surface area contributed by atoms with Gasteiger partial charge in [-0.2, -0.15) is 4.57 Å². The first kappa shape index (κ1) is 16.3. The fourth-order valence-electron chi connectivity index (χ4n) is 3.26. The lowest BCUT2D eigenvalue weighted by Gasteiger charge is -2.10. The van der Waals surface area contributed by atoms with Gasteiger partial charge in [0.05, 0.1) is 12.5 Å². The number of halogens is 1. The summed E-state index contributed by atoms with van der Waals surface area (Å²) in [5.41, 5.74) is 3.49. The standard InChI is InChI=1S/C21H18NO.ClH/c1-22-14-16-10-6-7-11-18(16)19-12-17(13-20(23-2)21(19)22)15-8-4-3-5-9-15;/h3-14H,1-2H3;1H/q+1;/p-1. The fourth-order valence-corrected chi connectivity index (χ4v) is 3.26. The summed E-state index contributed by atoms with van der Waals surface area (Å²) < 4.78 is 7.84. The highest BCUT2D eigenvalue weighted by molar-refractivity contribution is 6.07. The van der Waals surface area contributed by atoms with E-state index in [1.807, 2.05) is 6.07 Å². The van der Waals surface area contributed by atoms with Gasteiger partial charge < -0.3 is 17.1 Å². The van der Waals surface area contributed by atoms with Crippen molar-refractivity contribution < 1.29 is 21.7 Å². The lowest BCUT2D eigenvalue weighted by Crippen LogP contribution is -3.00. The summed E-state index contributed by atoms with van der Waals surface area (Å²) in [6, 6.07) is 23.3. The van der Waals surface area contributed by atoms with E-state index in [1.54, 1.807) is 7.11 Å². The molecule has 3 heteroatoms. The average molecular weight is 336 g/mol. The summed E-state index contributed by atoms with van der Waals surface area (Å²) in [6.45, 7) is 0. The number of nitrogens with zero attached hydrogens (tertiary/aromatic N) is 1. The first-order chi connectivity index (χ1) is 11.3. The summed E-state index contributed by atoms with van der Waals surface area (Å²) in [5, 5.41) is 3.69. The average Bonchev–Trinajstić information content (AvgIpc) is 2.61. The summed E-state index contributed by atoms with van der Waals surface area (Å²) in [5.74, 6) is 0.898. The molecule has 0 unspecified atom stereocenters. The van der Waals surface area contributed by atoms with Crippen LogP contribution >= 0.6 is 0 Å². The van der Waals surface area contributed by atoms with Crippen LogP contribution in [0.4, 0.5) is 0 Å². The molecule has 0 saturated heterocycles. The molecule has 3 aromatic carbocycles. The molecule has 0 N–H and O–H groups in total. The Labute approximate surface area is 147 Å². The van der Waals surface area contributed by atoms with E-state index < -0.39 is 0 Å². The third-order valence-corrected chi connectivity index (χ3v) is 4.34. The first-order valence-electron chi connectivity index (χ1n) is 7.72. The molecule has 2 nitrogen and oxygen atoms in total. The highest BCUT2D eigenvalue weighted by Crippen LogP contribution is 2.34. The van der Waals surface area contributed by atoms with Crippen LogP contribution in [0.1, 0.15) is 0 Å². The van der Waals surface area contributed by atoms with Gasteiger partial charge in [0, 0.05) is 10.8 Å². The molecule has 0 spiro atoms. The van der Waals surface area contributed by atoms with Crippen LogP contribution < -0.4 is 21.7 Å². The third-order valence-electron chi connectivity index (χ3n) is 4.34. The minimum atomic E-state index is 0. The van der Waals surface area contributed by atoms with Crippen LogP contribution in [0.2, 0.25) is 0 Å². The van der Waals surface area contributed by atoms with Gasteiger partial charge in [0.15, 0.2) is 11.9 Å². The number of methoxy groups -OCH3 is 1. The summed E-state index contributed by atoms with van der Waals surface area (Å²) in [7, 11) is 3.80. The molecule has 0 fully saturated rings. The van der Waals surface area contributed by atoms with Crippen molar-refractivity contribution >= 4 is 21.7 Å². The second kappa shape index (κ2) is 6.50. The molecule has 0 saturated carbocycles. The molecule has 120 valence electrons. The second-order valence-corrected chi connectivity index (χ2v) is 5.77. The molecule has 1 aromatic heterocycles. The highest BCUT2D eigenvalue weighted by Gasteiger charge is 2.17. The number of rotatable bonds is 2. The normalized spacial score (nSPS) is 10.6. The lowest BCUT2D eigenvalue weighted by atomic mass is 9.99. The number of benzene rings is 3. The Morgan fingerprint density at radius 2 is 1.50 bits per heavy atom. The number of hydrogen-bond acceptors (Lipinski definition) is 1. The number of aryl methyl sites for hydroxylation is 1. The van der Waals surface area contributed by atoms with Crippen molar-refractivity contribution in [1.29, 1.82) is 0 Å². The van der Waals surface area contributed by atoms with Gasteiger partial charge in [0.2, 0.25) is 0 Å². The largest absolute Gasteiger partial charge is 1.00 e. The van der Waals surface area contributed by atoms with Gasteiger partial charge in [-0.05, 0) is 29.3 Å². The number of ether oxygens (including phenoxy) is 1. The van der Waals surface area contributed by atoms with E-state index in [4.69, 9.17) is 4.74 Å². The van der Waals surface area contributed by atoms with Crippen molar-refractivity contribution in [3.63, 3.8) is 0 Å². The molecule has 0 bridgehead atoms. The molecule has 4 rings (SSSR count). The number of fused-ring (bicyclic) bond motifs is 3. The van der Waals surface area contributed by atoms with E-state index in [0.29, 0.717) is 0 Å². The Morgan fingerprint density at radius 3 is 2.25 bits per heavy atom. The zero-order chi connectivity index (χ0) is 15.8. The monoisotopic (exact) mass is 335 g/mol. The van der Waals surface area contributed by atoms with E-state index >= 15 is 0 Å². The molecule has 0 aliphatic heterocycles. The van der Waals surface area contributed by atoms with E-state index in [1.165, 1.54) is 27.3 Å². The fraction of sp³-hybridized carbons (Fsp3) is 0.0952. The maximum absolute atomic E-state index is 5.70. The van der Waals surface area contributed by atoms with E-state index in [0.717, 1.165) is 11.3 Å². The molecule has 1 heterocycles. The van der Waals surface area contributed by atoms with Crippen LogP contribution in [0.3, 0.4) is 0 Å². The minimum Gasteiger partial charge on any atom is -1.00 e. The Kier molecular flexibility index (Phi) is 4.41. The Balaban J connectivity index is 0.00000169. The van der Waals surface area contributed by atoms with Crippen molar-refractivity contribution in [3.8, 4) is 16.9 Å². The first-order valence-corrected chi connectivity index (χ1v) is 7.72. The molecular formula is C21H18ClNO. The second-order valence-electron chi connectivity index (χ2n) is 5.77. The number of aromatic nitrogens is 1. The molecule has 0 aliphatic rings. The van der Waals surface area contributed by atoms with Gasteiger partial charge in [-0.15, -0.1) is 0 Å². The maximum Gasteiger partial charge on any atom is 0.255 e. The molecule has 0 amide bonds. The van der Waals surface area contributed by atoms with Crippen LogP contribution in [0.15, 0.2) is 72.9 Å². The zero-order valence-electron chi connectivity index (χ0n) is 13.7. The van der Waals surface area contributed by atoms with Gasteiger partial charge in [-0.25, -0.2) is 0 Å². The van der Waals surface area contributed by atoms with Crippen LogP contribution in [-0.4, -0.2) is 7.11 Å². The molecule has 24 heavy (non-hydrogen) atoms. The SMILES string of the molecule is COc1cc(-c2ccccc2)cc2c3ccccc3c[n+](C)c12.[Cl-]. The lowest BCUT2D eigenvalue weighted by molar-refractivity contribution is -0.643. The van der Waals surface area contributed by atoms with Crippen molar-refractivity contribution in [2.45, 2.75) is 0 Å². The summed E-state index contributed by atoms with van der Waals surface area (Å²) >= 11 is 0. The van der Waals surface area contributed by atoms with Crippen molar-refractivity contribution in [2.75, 3.05) is 7.11 Å². The predicted octanol–water partition coefficient (Wildman–Crippen LogP) is 1.50. The van der Waals surface area contributed by atoms with Crippen molar-refractivity contribution in [3.05, 3.63) is 72.9 Å². The van der Waals surface area contributed by atoms with E-state index in [-0.39, 0.29) is 12.4 Å². The van der Waals surface area contributed by atoms with E-state index in [2.05, 4.69) is 78.5 Å². The van der Waals surface area contributed by atoms with Crippen LogP contribution in [0, 0.1) is 0 Å². The molecular weight excluding hydrogens is 318 g/mol. The Bertz CT molecular complexity index is 1010. The van der Waals surface area contributed by atoms with Gasteiger partial charge in [-0.3, -0.25) is 0 Å². The Hall–Kier alpha value is -2.58.